The molecule has 0 saturated heterocycles. The predicted octanol–water partition coefficient (Wildman–Crippen LogP) is 3.16. The summed E-state index contributed by atoms with van der Waals surface area (Å²) in [6, 6.07) is 15.2. The fraction of sp³-hybridized carbons (Fsp3) is 0.0870. The zero-order valence-electron chi connectivity index (χ0n) is 17.4. The lowest BCUT2D eigenvalue weighted by Gasteiger charge is -2.20. The first-order valence-electron chi connectivity index (χ1n) is 10.1. The minimum absolute atomic E-state index is 0.0754. The highest BCUT2D eigenvalue weighted by atomic mass is 35.5. The largest absolute Gasteiger partial charge is 0.382 e. The lowest BCUT2D eigenvalue weighted by Crippen LogP contribution is -2.33. The van der Waals surface area contributed by atoms with Crippen LogP contribution in [-0.4, -0.2) is 30.1 Å². The molecule has 33 heavy (non-hydrogen) atoms. The number of nitrogens with one attached hydrogen (secondary N) is 1. The monoisotopic (exact) mass is 459 g/mol. The molecule has 0 aliphatic heterocycles. The number of nitrogens with zero attached hydrogens (tertiary/aromatic N) is 5. The number of anilines is 1. The van der Waals surface area contributed by atoms with E-state index in [0.29, 0.717) is 33.0 Å². The highest BCUT2D eigenvalue weighted by molar-refractivity contribution is 6.35. The van der Waals surface area contributed by atoms with Gasteiger partial charge in [-0.1, -0.05) is 35.9 Å². The van der Waals surface area contributed by atoms with Crippen molar-refractivity contribution < 1.29 is 4.79 Å². The lowest BCUT2D eigenvalue weighted by molar-refractivity contribution is 0.0940. The Bertz CT molecular complexity index is 1580. The van der Waals surface area contributed by atoms with Gasteiger partial charge in [0.05, 0.1) is 33.2 Å². The van der Waals surface area contributed by atoms with E-state index < -0.39 is 11.9 Å². The highest BCUT2D eigenvalue weighted by Crippen LogP contribution is 2.24. The van der Waals surface area contributed by atoms with Crippen molar-refractivity contribution in [1.82, 2.24) is 29.5 Å². The Morgan fingerprint density at radius 1 is 1.12 bits per heavy atom. The average molecular weight is 460 g/mol. The minimum Gasteiger partial charge on any atom is -0.382 e. The fourth-order valence-electron chi connectivity index (χ4n) is 3.82. The average Bonchev–Trinajstić information content (AvgIpc) is 3.15. The van der Waals surface area contributed by atoms with Gasteiger partial charge in [0.25, 0.3) is 11.5 Å². The van der Waals surface area contributed by atoms with E-state index in [9.17, 15) is 9.59 Å². The second-order valence-corrected chi connectivity index (χ2v) is 7.85. The molecule has 0 fully saturated rings. The fourth-order valence-corrected chi connectivity index (χ4v) is 4.07. The Morgan fingerprint density at radius 2 is 1.91 bits per heavy atom. The second kappa shape index (κ2) is 8.03. The van der Waals surface area contributed by atoms with Crippen LogP contribution < -0.4 is 16.6 Å². The number of hydrogen-bond donors (Lipinski definition) is 2. The van der Waals surface area contributed by atoms with Crippen LogP contribution >= 0.6 is 11.6 Å². The molecule has 0 aliphatic carbocycles. The first kappa shape index (κ1) is 20.7. The Kier molecular flexibility index (Phi) is 5.02. The summed E-state index contributed by atoms with van der Waals surface area (Å²) >= 11 is 6.33. The normalized spacial score (nSPS) is 12.2. The molecule has 164 valence electrons. The molecule has 5 aromatic rings. The quantitative estimate of drug-likeness (QED) is 0.426. The summed E-state index contributed by atoms with van der Waals surface area (Å²) in [4.78, 5) is 35.4. The number of hydrogen-bond acceptors (Lipinski definition) is 6. The van der Waals surface area contributed by atoms with Crippen molar-refractivity contribution in [3.63, 3.8) is 0 Å². The summed E-state index contributed by atoms with van der Waals surface area (Å²) < 4.78 is 2.90. The summed E-state index contributed by atoms with van der Waals surface area (Å²) in [5.41, 5.74) is 7.47. The van der Waals surface area contributed by atoms with E-state index in [1.54, 1.807) is 49.5 Å². The maximum Gasteiger partial charge on any atom is 0.267 e. The lowest BCUT2D eigenvalue weighted by atomic mass is 10.1. The van der Waals surface area contributed by atoms with Crippen LogP contribution in [0.2, 0.25) is 5.02 Å². The van der Waals surface area contributed by atoms with Crippen LogP contribution in [0.4, 0.5) is 5.82 Å². The Morgan fingerprint density at radius 3 is 2.70 bits per heavy atom. The smallest absolute Gasteiger partial charge is 0.267 e. The molecule has 1 atom stereocenters. The molecule has 3 N–H and O–H groups in total. The van der Waals surface area contributed by atoms with Crippen molar-refractivity contribution in [3.8, 4) is 5.69 Å². The number of para-hydroxylation sites is 1. The molecule has 5 rings (SSSR count). The molecule has 0 bridgehead atoms. The van der Waals surface area contributed by atoms with Gasteiger partial charge >= 0.3 is 0 Å². The SMILES string of the molecule is C[C@H](NC(=O)c1c(N)nn2cnccc12)c1nc2cccc(Cl)c2c(=O)n1-c1ccccc1. The maximum atomic E-state index is 13.5. The van der Waals surface area contributed by atoms with E-state index in [1.165, 1.54) is 15.4 Å². The van der Waals surface area contributed by atoms with Gasteiger partial charge in [0.1, 0.15) is 17.7 Å². The molecule has 0 radical (unpaired) electrons. The number of fused-ring (bicyclic) bond motifs is 2. The Labute approximate surface area is 192 Å². The molecule has 1 amide bonds. The Balaban J connectivity index is 1.64. The van der Waals surface area contributed by atoms with E-state index in [-0.39, 0.29) is 16.9 Å². The zero-order valence-corrected chi connectivity index (χ0v) is 18.2. The van der Waals surface area contributed by atoms with Crippen LogP contribution in [-0.2, 0) is 0 Å². The molecule has 3 heterocycles. The van der Waals surface area contributed by atoms with Crippen molar-refractivity contribution in [2.45, 2.75) is 13.0 Å². The van der Waals surface area contributed by atoms with Crippen molar-refractivity contribution in [2.24, 2.45) is 0 Å². The van der Waals surface area contributed by atoms with Crippen LogP contribution in [0.5, 0.6) is 0 Å². The van der Waals surface area contributed by atoms with E-state index in [2.05, 4.69) is 15.4 Å². The van der Waals surface area contributed by atoms with Gasteiger partial charge < -0.3 is 11.1 Å². The number of rotatable bonds is 4. The Hall–Kier alpha value is -4.24. The molecular weight excluding hydrogens is 442 g/mol. The molecule has 0 saturated carbocycles. The highest BCUT2D eigenvalue weighted by Gasteiger charge is 2.24. The molecule has 0 unspecified atom stereocenters. The summed E-state index contributed by atoms with van der Waals surface area (Å²) in [7, 11) is 0. The van der Waals surface area contributed by atoms with Crippen LogP contribution in [0.3, 0.4) is 0 Å². The molecular formula is C23H18ClN7O2. The third kappa shape index (κ3) is 3.48. The molecule has 0 spiro atoms. The molecule has 2 aromatic carbocycles. The first-order chi connectivity index (χ1) is 16.0. The van der Waals surface area contributed by atoms with Crippen molar-refractivity contribution in [2.75, 3.05) is 5.73 Å². The third-order valence-corrected chi connectivity index (χ3v) is 5.63. The van der Waals surface area contributed by atoms with Crippen molar-refractivity contribution in [3.05, 3.63) is 93.9 Å². The number of carbonyl (C=O) groups is 1. The van der Waals surface area contributed by atoms with E-state index >= 15 is 0 Å². The van der Waals surface area contributed by atoms with Crippen LogP contribution in [0.15, 0.2) is 71.9 Å². The molecule has 10 heteroatoms. The standard InChI is InChI=1S/C23H18ClN7O2/c1-13(27-22(32)19-17-10-11-26-12-30(17)29-20(19)25)21-28-16-9-5-8-15(24)18(16)23(33)31(21)14-6-3-2-4-7-14/h2-13H,1H3,(H2,25,29)(H,27,32)/t13-/m0/s1. The van der Waals surface area contributed by atoms with Gasteiger partial charge in [-0.25, -0.2) is 14.5 Å². The summed E-state index contributed by atoms with van der Waals surface area (Å²) in [6.45, 7) is 1.75. The molecule has 3 aromatic heterocycles. The van der Waals surface area contributed by atoms with Gasteiger partial charge in [-0.3, -0.25) is 14.2 Å². The number of nitrogens with two attached hydrogens (primary N) is 1. The second-order valence-electron chi connectivity index (χ2n) is 7.45. The topological polar surface area (TPSA) is 120 Å². The number of aromatic nitrogens is 5. The van der Waals surface area contributed by atoms with Gasteiger partial charge in [0, 0.05) is 6.20 Å². The first-order valence-corrected chi connectivity index (χ1v) is 10.5. The van der Waals surface area contributed by atoms with Crippen molar-refractivity contribution in [1.29, 1.82) is 0 Å². The van der Waals surface area contributed by atoms with E-state index in [0.717, 1.165) is 0 Å². The van der Waals surface area contributed by atoms with Crippen LogP contribution in [0.1, 0.15) is 29.1 Å². The van der Waals surface area contributed by atoms with Gasteiger partial charge in [0.2, 0.25) is 0 Å². The van der Waals surface area contributed by atoms with Gasteiger partial charge in [-0.05, 0) is 37.3 Å². The zero-order chi connectivity index (χ0) is 23.1. The minimum atomic E-state index is -0.648. The van der Waals surface area contributed by atoms with E-state index in [1.807, 2.05) is 18.2 Å². The van der Waals surface area contributed by atoms with Gasteiger partial charge in [0.15, 0.2) is 5.82 Å². The van der Waals surface area contributed by atoms with Gasteiger partial charge in [-0.15, -0.1) is 5.10 Å². The van der Waals surface area contributed by atoms with Gasteiger partial charge in [-0.2, -0.15) is 0 Å². The van der Waals surface area contributed by atoms with Crippen LogP contribution in [0, 0.1) is 0 Å². The summed E-state index contributed by atoms with van der Waals surface area (Å²) in [5, 5.41) is 7.65. The molecule has 9 nitrogen and oxygen atoms in total. The molecule has 0 aliphatic rings. The summed E-state index contributed by atoms with van der Waals surface area (Å²) in [6.07, 6.45) is 3.02. The number of amides is 1. The summed E-state index contributed by atoms with van der Waals surface area (Å²) in [5.74, 6) is -0.0151. The van der Waals surface area contributed by atoms with Crippen molar-refractivity contribution >= 4 is 39.7 Å². The number of carbonyl (C=O) groups excluding carboxylic acids is 1. The maximum absolute atomic E-state index is 13.5. The third-order valence-electron chi connectivity index (χ3n) is 5.32. The van der Waals surface area contributed by atoms with Crippen LogP contribution in [0.25, 0.3) is 22.1 Å². The van der Waals surface area contributed by atoms with E-state index in [4.69, 9.17) is 22.3 Å². The predicted molar refractivity (Wildman–Crippen MR) is 126 cm³/mol. The number of benzene rings is 2. The number of halogens is 1. The number of nitrogen functional groups attached to an aromatic ring is 1.